The minimum Gasteiger partial charge on any atom is -0.484 e. The van der Waals surface area contributed by atoms with Gasteiger partial charge in [-0.15, -0.1) is 0 Å². The summed E-state index contributed by atoms with van der Waals surface area (Å²) in [5.74, 6) is 0.402. The van der Waals surface area contributed by atoms with E-state index in [9.17, 15) is 4.79 Å². The highest BCUT2D eigenvalue weighted by atomic mass is 16.5. The Morgan fingerprint density at radius 1 is 1.00 bits per heavy atom. The van der Waals surface area contributed by atoms with Crippen LogP contribution < -0.4 is 10.2 Å². The molecule has 0 aliphatic heterocycles. The molecule has 0 aliphatic rings. The van der Waals surface area contributed by atoms with Crippen LogP contribution in [0.25, 0.3) is 10.9 Å². The summed E-state index contributed by atoms with van der Waals surface area (Å²) >= 11 is 0. The molecule has 0 unspecified atom stereocenters. The SMILES string of the molecule is CCc1cc(C)cc(OCC(=O)N/N=C/c2cn(Cc3cccc(C)c3)c3ccccc23)c1. The Morgan fingerprint density at radius 3 is 2.64 bits per heavy atom. The standard InChI is InChI=1S/C28H29N3O2/c1-4-22-13-21(3)14-25(15-22)33-19-28(32)30-29-16-24-18-31(27-11-6-5-10-26(24)27)17-23-9-7-8-20(2)12-23/h5-16,18H,4,17,19H2,1-3H3,(H,30,32)/b29-16+. The van der Waals surface area contributed by atoms with E-state index < -0.39 is 0 Å². The van der Waals surface area contributed by atoms with Crippen molar-refractivity contribution in [3.05, 3.63) is 101 Å². The van der Waals surface area contributed by atoms with Gasteiger partial charge in [0.1, 0.15) is 5.75 Å². The normalized spacial score (nSPS) is 11.2. The van der Waals surface area contributed by atoms with Crippen LogP contribution in [0.3, 0.4) is 0 Å². The zero-order valence-corrected chi connectivity index (χ0v) is 19.3. The molecule has 5 nitrogen and oxygen atoms in total. The summed E-state index contributed by atoms with van der Waals surface area (Å²) in [4.78, 5) is 12.2. The van der Waals surface area contributed by atoms with Gasteiger partial charge in [0, 0.05) is 29.2 Å². The van der Waals surface area contributed by atoms with Gasteiger partial charge < -0.3 is 9.30 Å². The molecule has 3 aromatic carbocycles. The number of nitrogens with zero attached hydrogens (tertiary/aromatic N) is 2. The van der Waals surface area contributed by atoms with Gasteiger partial charge in [-0.1, -0.05) is 61.0 Å². The lowest BCUT2D eigenvalue weighted by molar-refractivity contribution is -0.123. The quantitative estimate of drug-likeness (QED) is 0.295. The van der Waals surface area contributed by atoms with Gasteiger partial charge in [0.15, 0.2) is 6.61 Å². The average molecular weight is 440 g/mol. The topological polar surface area (TPSA) is 55.6 Å². The lowest BCUT2D eigenvalue weighted by atomic mass is 10.1. The van der Waals surface area contributed by atoms with Gasteiger partial charge in [-0.3, -0.25) is 4.79 Å². The molecule has 0 radical (unpaired) electrons. The average Bonchev–Trinajstić information content (AvgIpc) is 3.15. The fourth-order valence-electron chi connectivity index (χ4n) is 3.98. The number of ether oxygens (including phenoxy) is 1. The summed E-state index contributed by atoms with van der Waals surface area (Å²) in [6.45, 7) is 6.90. The second-order valence-corrected chi connectivity index (χ2v) is 8.31. The second kappa shape index (κ2) is 10.2. The molecule has 0 bridgehead atoms. The van der Waals surface area contributed by atoms with E-state index in [1.165, 1.54) is 16.7 Å². The van der Waals surface area contributed by atoms with Crippen molar-refractivity contribution in [3.63, 3.8) is 0 Å². The molecule has 33 heavy (non-hydrogen) atoms. The maximum Gasteiger partial charge on any atom is 0.277 e. The first-order chi connectivity index (χ1) is 16.0. The van der Waals surface area contributed by atoms with Crippen LogP contribution in [0, 0.1) is 13.8 Å². The van der Waals surface area contributed by atoms with Gasteiger partial charge in [-0.05, 0) is 55.2 Å². The number of hydrogen-bond donors (Lipinski definition) is 1. The molecule has 0 saturated heterocycles. The Balaban J connectivity index is 1.42. The molecule has 0 aliphatic carbocycles. The van der Waals surface area contributed by atoms with Crippen LogP contribution in [-0.2, 0) is 17.8 Å². The van der Waals surface area contributed by atoms with Crippen LogP contribution >= 0.6 is 0 Å². The Hall–Kier alpha value is -3.86. The third-order valence-corrected chi connectivity index (χ3v) is 5.54. The molecule has 1 N–H and O–H groups in total. The van der Waals surface area contributed by atoms with Gasteiger partial charge >= 0.3 is 0 Å². The number of rotatable bonds is 8. The smallest absolute Gasteiger partial charge is 0.277 e. The van der Waals surface area contributed by atoms with Crippen LogP contribution in [-0.4, -0.2) is 23.3 Å². The van der Waals surface area contributed by atoms with Crippen LogP contribution in [0.2, 0.25) is 0 Å². The van der Waals surface area contributed by atoms with Crippen molar-refractivity contribution in [2.45, 2.75) is 33.7 Å². The van der Waals surface area contributed by atoms with E-state index in [1.807, 2.05) is 31.2 Å². The van der Waals surface area contributed by atoms with Crippen molar-refractivity contribution in [3.8, 4) is 5.75 Å². The summed E-state index contributed by atoms with van der Waals surface area (Å²) < 4.78 is 7.86. The lowest BCUT2D eigenvalue weighted by Gasteiger charge is -2.08. The van der Waals surface area contributed by atoms with E-state index >= 15 is 0 Å². The Morgan fingerprint density at radius 2 is 1.82 bits per heavy atom. The Kier molecular flexibility index (Phi) is 6.89. The van der Waals surface area contributed by atoms with Gasteiger partial charge in [0.25, 0.3) is 5.91 Å². The molecule has 168 valence electrons. The maximum absolute atomic E-state index is 12.2. The van der Waals surface area contributed by atoms with Crippen molar-refractivity contribution in [2.75, 3.05) is 6.61 Å². The number of hydrogen-bond acceptors (Lipinski definition) is 3. The van der Waals surface area contributed by atoms with Gasteiger partial charge in [-0.2, -0.15) is 5.10 Å². The molecular formula is C28H29N3O2. The number of fused-ring (bicyclic) bond motifs is 1. The number of amides is 1. The molecule has 1 heterocycles. The summed E-state index contributed by atoms with van der Waals surface area (Å²) in [5, 5.41) is 5.26. The highest BCUT2D eigenvalue weighted by Crippen LogP contribution is 2.21. The number of nitrogens with one attached hydrogen (secondary N) is 1. The van der Waals surface area contributed by atoms with Crippen LogP contribution in [0.1, 0.15) is 34.7 Å². The van der Waals surface area contributed by atoms with E-state index in [0.717, 1.165) is 35.0 Å². The zero-order chi connectivity index (χ0) is 23.2. The number of aryl methyl sites for hydroxylation is 3. The number of carbonyl (C=O) groups is 1. The largest absolute Gasteiger partial charge is 0.484 e. The Labute approximate surface area is 194 Å². The van der Waals surface area contributed by atoms with E-state index in [4.69, 9.17) is 4.74 Å². The summed E-state index contributed by atoms with van der Waals surface area (Å²) in [7, 11) is 0. The molecule has 1 aromatic heterocycles. The van der Waals surface area contributed by atoms with Crippen molar-refractivity contribution in [1.29, 1.82) is 0 Å². The molecule has 1 amide bonds. The predicted octanol–water partition coefficient (Wildman–Crippen LogP) is 5.40. The number of para-hydroxylation sites is 1. The number of benzene rings is 3. The van der Waals surface area contributed by atoms with Gasteiger partial charge in [0.2, 0.25) is 0 Å². The van der Waals surface area contributed by atoms with E-state index in [0.29, 0.717) is 5.75 Å². The minimum atomic E-state index is -0.297. The third kappa shape index (κ3) is 5.69. The molecule has 0 fully saturated rings. The molecule has 0 spiro atoms. The van der Waals surface area contributed by atoms with Crippen molar-refractivity contribution in [2.24, 2.45) is 5.10 Å². The maximum atomic E-state index is 12.2. The second-order valence-electron chi connectivity index (χ2n) is 8.31. The van der Waals surface area contributed by atoms with E-state index in [2.05, 4.69) is 77.6 Å². The molecule has 0 saturated carbocycles. The molecule has 4 rings (SSSR count). The summed E-state index contributed by atoms with van der Waals surface area (Å²) in [5.41, 5.74) is 9.43. The number of hydrazone groups is 1. The Bertz CT molecular complexity index is 1300. The first-order valence-electron chi connectivity index (χ1n) is 11.2. The van der Waals surface area contributed by atoms with Gasteiger partial charge in [0.05, 0.1) is 6.21 Å². The number of carbonyl (C=O) groups excluding carboxylic acids is 1. The van der Waals surface area contributed by atoms with Crippen LogP contribution in [0.4, 0.5) is 0 Å². The fourth-order valence-corrected chi connectivity index (χ4v) is 3.98. The monoisotopic (exact) mass is 439 g/mol. The van der Waals surface area contributed by atoms with Crippen LogP contribution in [0.5, 0.6) is 5.75 Å². The highest BCUT2D eigenvalue weighted by molar-refractivity contribution is 5.99. The van der Waals surface area contributed by atoms with E-state index in [-0.39, 0.29) is 12.5 Å². The molecule has 4 aromatic rings. The zero-order valence-electron chi connectivity index (χ0n) is 19.3. The molecule has 5 heteroatoms. The third-order valence-electron chi connectivity index (χ3n) is 5.54. The molecular weight excluding hydrogens is 410 g/mol. The first kappa shape index (κ1) is 22.3. The minimum absolute atomic E-state index is 0.0843. The number of aromatic nitrogens is 1. The van der Waals surface area contributed by atoms with Gasteiger partial charge in [-0.25, -0.2) is 5.43 Å². The van der Waals surface area contributed by atoms with Crippen molar-refractivity contribution < 1.29 is 9.53 Å². The lowest BCUT2D eigenvalue weighted by Crippen LogP contribution is -2.24. The van der Waals surface area contributed by atoms with Crippen LogP contribution in [0.15, 0.2) is 78.0 Å². The highest BCUT2D eigenvalue weighted by Gasteiger charge is 2.08. The van der Waals surface area contributed by atoms with Crippen molar-refractivity contribution in [1.82, 2.24) is 9.99 Å². The fraction of sp³-hybridized carbons (Fsp3) is 0.214. The predicted molar refractivity (Wildman–Crippen MR) is 134 cm³/mol. The molecule has 0 atom stereocenters. The first-order valence-corrected chi connectivity index (χ1v) is 11.2. The summed E-state index contributed by atoms with van der Waals surface area (Å²) in [6.07, 6.45) is 4.68. The summed E-state index contributed by atoms with van der Waals surface area (Å²) in [6, 6.07) is 22.7. The van der Waals surface area contributed by atoms with E-state index in [1.54, 1.807) is 6.21 Å². The van der Waals surface area contributed by atoms with Crippen molar-refractivity contribution >= 4 is 23.0 Å².